The summed E-state index contributed by atoms with van der Waals surface area (Å²) in [5.41, 5.74) is 5.71. The average Bonchev–Trinajstić information content (AvgIpc) is 3.30. The molecule has 0 fully saturated rings. The standard InChI is InChI=1S/C28H30N4O2/c1-4-28(20-17-29-31-26(20)30-21-15-27(2,3)16-23(33)25(21)28)18-8-7-9-19(14-18)32-12-13-34-24-11-6-5-10-22(24)32/h5-11,14,17,26,30H,4,12-13,15-16H2,1-3H3/t26?,28-/m0/s1. The van der Waals surface area contributed by atoms with Crippen molar-refractivity contribution in [2.75, 3.05) is 18.1 Å². The molecular formula is C28H30N4O2. The average molecular weight is 455 g/mol. The molecule has 174 valence electrons. The Hall–Kier alpha value is -3.41. The topological polar surface area (TPSA) is 66.3 Å². The summed E-state index contributed by atoms with van der Waals surface area (Å²) in [5.74, 6) is 1.13. The first-order valence-corrected chi connectivity index (χ1v) is 12.2. The van der Waals surface area contributed by atoms with E-state index >= 15 is 0 Å². The van der Waals surface area contributed by atoms with Gasteiger partial charge in [-0.25, -0.2) is 0 Å². The van der Waals surface area contributed by atoms with Crippen LogP contribution in [0.1, 0.15) is 45.6 Å². The van der Waals surface area contributed by atoms with Crippen molar-refractivity contribution >= 4 is 17.2 Å². The first-order valence-electron chi connectivity index (χ1n) is 12.2. The number of hydrogen-bond donors (Lipinski definition) is 1. The third-order valence-corrected chi connectivity index (χ3v) is 7.69. The first kappa shape index (κ1) is 21.1. The zero-order chi connectivity index (χ0) is 23.5. The third kappa shape index (κ3) is 3.04. The van der Waals surface area contributed by atoms with E-state index in [1.807, 2.05) is 24.4 Å². The van der Waals surface area contributed by atoms with Gasteiger partial charge in [0.25, 0.3) is 0 Å². The normalized spacial score (nSPS) is 26.8. The highest BCUT2D eigenvalue weighted by molar-refractivity contribution is 6.01. The number of anilines is 2. The number of azo groups is 1. The molecule has 2 atom stereocenters. The summed E-state index contributed by atoms with van der Waals surface area (Å²) in [6.45, 7) is 7.93. The lowest BCUT2D eigenvalue weighted by Crippen LogP contribution is -2.51. The quantitative estimate of drug-likeness (QED) is 0.638. The molecule has 3 aliphatic heterocycles. The predicted molar refractivity (Wildman–Crippen MR) is 132 cm³/mol. The maximum absolute atomic E-state index is 13.7. The fourth-order valence-electron chi connectivity index (χ4n) is 6.27. The highest BCUT2D eigenvalue weighted by Crippen LogP contribution is 2.54. The Morgan fingerprint density at radius 3 is 2.85 bits per heavy atom. The van der Waals surface area contributed by atoms with E-state index in [2.05, 4.69) is 71.5 Å². The minimum absolute atomic E-state index is 0.0707. The molecule has 4 aliphatic rings. The van der Waals surface area contributed by atoms with Crippen LogP contribution < -0.4 is 15.0 Å². The molecular weight excluding hydrogens is 424 g/mol. The number of Topliss-reactive ketones (excluding diaryl/α,β-unsaturated/α-hetero) is 1. The van der Waals surface area contributed by atoms with E-state index in [0.717, 1.165) is 58.9 Å². The van der Waals surface area contributed by atoms with Gasteiger partial charge < -0.3 is 15.0 Å². The number of rotatable bonds is 3. The number of carbonyl (C=O) groups is 1. The molecule has 0 saturated carbocycles. The number of ether oxygens (including phenoxy) is 1. The number of nitrogens with one attached hydrogen (secondary N) is 1. The van der Waals surface area contributed by atoms with Crippen molar-refractivity contribution in [3.63, 3.8) is 0 Å². The van der Waals surface area contributed by atoms with Gasteiger partial charge in [0.1, 0.15) is 12.4 Å². The Bertz CT molecular complexity index is 1270. The molecule has 0 bridgehead atoms. The van der Waals surface area contributed by atoms with Crippen molar-refractivity contribution in [1.29, 1.82) is 0 Å². The summed E-state index contributed by atoms with van der Waals surface area (Å²) in [5, 5.41) is 12.3. The van der Waals surface area contributed by atoms with Crippen LogP contribution in [-0.2, 0) is 10.2 Å². The number of ketones is 1. The van der Waals surface area contributed by atoms with Crippen LogP contribution in [0.3, 0.4) is 0 Å². The largest absolute Gasteiger partial charge is 0.490 e. The van der Waals surface area contributed by atoms with Crippen LogP contribution in [0.5, 0.6) is 5.75 Å². The first-order chi connectivity index (χ1) is 16.4. The second-order valence-electron chi connectivity index (χ2n) is 10.4. The number of fused-ring (bicyclic) bond motifs is 2. The van der Waals surface area contributed by atoms with Crippen LogP contribution in [-0.4, -0.2) is 25.1 Å². The van der Waals surface area contributed by atoms with E-state index in [1.165, 1.54) is 0 Å². The lowest BCUT2D eigenvalue weighted by molar-refractivity contribution is -0.119. The van der Waals surface area contributed by atoms with Crippen molar-refractivity contribution in [2.45, 2.75) is 51.6 Å². The van der Waals surface area contributed by atoms with Crippen molar-refractivity contribution in [2.24, 2.45) is 15.6 Å². The number of carbonyl (C=O) groups excluding carboxylic acids is 1. The molecule has 6 rings (SSSR count). The third-order valence-electron chi connectivity index (χ3n) is 7.69. The number of para-hydroxylation sites is 2. The van der Waals surface area contributed by atoms with Crippen molar-refractivity contribution in [3.8, 4) is 5.75 Å². The SMILES string of the molecule is CC[C@]1(c2cccc(N3CCOc4ccccc43)c2)C2=CN=NC2NC2=C1C(=O)CC(C)(C)C2. The number of nitrogens with zero attached hydrogens (tertiary/aromatic N) is 3. The molecule has 0 radical (unpaired) electrons. The summed E-state index contributed by atoms with van der Waals surface area (Å²) >= 11 is 0. The lowest BCUT2D eigenvalue weighted by Gasteiger charge is -2.48. The van der Waals surface area contributed by atoms with Crippen LogP contribution in [0.4, 0.5) is 11.4 Å². The molecule has 1 aliphatic carbocycles. The van der Waals surface area contributed by atoms with Crippen LogP contribution in [0.25, 0.3) is 0 Å². The predicted octanol–water partition coefficient (Wildman–Crippen LogP) is 5.79. The van der Waals surface area contributed by atoms with E-state index in [1.54, 1.807) is 0 Å². The Kier molecular flexibility index (Phi) is 4.70. The van der Waals surface area contributed by atoms with Gasteiger partial charge in [0.2, 0.25) is 0 Å². The second kappa shape index (κ2) is 7.55. The minimum Gasteiger partial charge on any atom is -0.490 e. The van der Waals surface area contributed by atoms with Gasteiger partial charge >= 0.3 is 0 Å². The Morgan fingerprint density at radius 2 is 2.00 bits per heavy atom. The molecule has 2 aromatic rings. The summed E-state index contributed by atoms with van der Waals surface area (Å²) in [6, 6.07) is 16.8. The van der Waals surface area contributed by atoms with E-state index in [-0.39, 0.29) is 17.4 Å². The van der Waals surface area contributed by atoms with Crippen LogP contribution in [0, 0.1) is 5.41 Å². The zero-order valence-corrected chi connectivity index (χ0v) is 20.0. The monoisotopic (exact) mass is 454 g/mol. The molecule has 2 aromatic carbocycles. The molecule has 0 saturated heterocycles. The summed E-state index contributed by atoms with van der Waals surface area (Å²) in [6.07, 6.45) is 3.82. The number of benzene rings is 2. The van der Waals surface area contributed by atoms with Crippen molar-refractivity contribution in [1.82, 2.24) is 5.32 Å². The van der Waals surface area contributed by atoms with Crippen LogP contribution >= 0.6 is 0 Å². The highest BCUT2D eigenvalue weighted by Gasteiger charge is 2.53. The van der Waals surface area contributed by atoms with Crippen LogP contribution in [0.15, 0.2) is 81.8 Å². The summed E-state index contributed by atoms with van der Waals surface area (Å²) < 4.78 is 5.89. The van der Waals surface area contributed by atoms with E-state index in [9.17, 15) is 4.79 Å². The van der Waals surface area contributed by atoms with Gasteiger partial charge in [0, 0.05) is 29.0 Å². The molecule has 0 aromatic heterocycles. The van der Waals surface area contributed by atoms with Gasteiger partial charge in [-0.1, -0.05) is 45.0 Å². The fraction of sp³-hybridized carbons (Fsp3) is 0.393. The number of hydrogen-bond acceptors (Lipinski definition) is 6. The second-order valence-corrected chi connectivity index (χ2v) is 10.4. The van der Waals surface area contributed by atoms with E-state index in [4.69, 9.17) is 4.74 Å². The van der Waals surface area contributed by atoms with Gasteiger partial charge in [0.05, 0.1) is 23.8 Å². The van der Waals surface area contributed by atoms with Gasteiger partial charge in [-0.3, -0.25) is 4.79 Å². The fourth-order valence-corrected chi connectivity index (χ4v) is 6.27. The smallest absolute Gasteiger partial charge is 0.164 e. The summed E-state index contributed by atoms with van der Waals surface area (Å²) in [4.78, 5) is 16.0. The van der Waals surface area contributed by atoms with E-state index in [0.29, 0.717) is 13.0 Å². The van der Waals surface area contributed by atoms with Gasteiger partial charge in [-0.05, 0) is 48.1 Å². The van der Waals surface area contributed by atoms with Gasteiger partial charge in [-0.15, -0.1) is 0 Å². The molecule has 6 heteroatoms. The van der Waals surface area contributed by atoms with Crippen molar-refractivity contribution in [3.05, 3.63) is 77.1 Å². The lowest BCUT2D eigenvalue weighted by atomic mass is 9.59. The molecule has 1 unspecified atom stereocenters. The molecule has 34 heavy (non-hydrogen) atoms. The Balaban J connectivity index is 1.53. The molecule has 0 amide bonds. The zero-order valence-electron chi connectivity index (χ0n) is 20.0. The van der Waals surface area contributed by atoms with Crippen LogP contribution in [0.2, 0.25) is 0 Å². The molecule has 1 N–H and O–H groups in total. The molecule has 3 heterocycles. The van der Waals surface area contributed by atoms with Gasteiger partial charge in [0.15, 0.2) is 11.9 Å². The summed E-state index contributed by atoms with van der Waals surface area (Å²) in [7, 11) is 0. The molecule has 6 nitrogen and oxygen atoms in total. The van der Waals surface area contributed by atoms with E-state index < -0.39 is 5.41 Å². The molecule has 0 spiro atoms. The Labute approximate surface area is 200 Å². The highest BCUT2D eigenvalue weighted by atomic mass is 16.5. The number of allylic oxidation sites excluding steroid dienone is 2. The minimum atomic E-state index is -0.538. The van der Waals surface area contributed by atoms with Crippen molar-refractivity contribution < 1.29 is 9.53 Å². The van der Waals surface area contributed by atoms with Gasteiger partial charge in [-0.2, -0.15) is 10.2 Å². The maximum atomic E-state index is 13.7. The Morgan fingerprint density at radius 1 is 1.15 bits per heavy atom. The maximum Gasteiger partial charge on any atom is 0.164 e.